The summed E-state index contributed by atoms with van der Waals surface area (Å²) in [5, 5.41) is 4.68. The first kappa shape index (κ1) is 15.2. The Labute approximate surface area is 131 Å². The molecule has 1 atom stereocenters. The molecule has 22 heavy (non-hydrogen) atoms. The number of aryl methyl sites for hydroxylation is 2. The summed E-state index contributed by atoms with van der Waals surface area (Å²) in [4.78, 5) is 6.67. The van der Waals surface area contributed by atoms with Crippen molar-refractivity contribution in [2.45, 2.75) is 39.8 Å². The van der Waals surface area contributed by atoms with E-state index in [9.17, 15) is 0 Å². The molecule has 0 N–H and O–H groups in total. The van der Waals surface area contributed by atoms with E-state index in [1.165, 1.54) is 5.56 Å². The second-order valence-electron chi connectivity index (χ2n) is 5.89. The molecule has 6 heteroatoms. The van der Waals surface area contributed by atoms with E-state index in [0.717, 1.165) is 43.3 Å². The summed E-state index contributed by atoms with van der Waals surface area (Å²) >= 11 is 0. The van der Waals surface area contributed by atoms with Crippen LogP contribution in [0.2, 0.25) is 0 Å². The normalized spacial score (nSPS) is 19.7. The monoisotopic (exact) mass is 304 g/mol. The maximum Gasteiger partial charge on any atom is 0.216 e. The van der Waals surface area contributed by atoms with E-state index in [0.29, 0.717) is 12.4 Å². The first-order valence-electron chi connectivity index (χ1n) is 7.85. The first-order valence-corrected chi connectivity index (χ1v) is 7.85. The van der Waals surface area contributed by atoms with E-state index in [-0.39, 0.29) is 6.04 Å². The minimum atomic E-state index is 0.276. The van der Waals surface area contributed by atoms with Crippen molar-refractivity contribution in [2.24, 2.45) is 0 Å². The van der Waals surface area contributed by atoms with Gasteiger partial charge in [0.2, 0.25) is 5.89 Å². The molecule has 0 aromatic carbocycles. The summed E-state index contributed by atoms with van der Waals surface area (Å²) in [6.45, 7) is 9.29. The van der Waals surface area contributed by atoms with Crippen LogP contribution in [0.5, 0.6) is 0 Å². The third kappa shape index (κ3) is 2.80. The van der Waals surface area contributed by atoms with Crippen molar-refractivity contribution < 1.29 is 9.15 Å². The van der Waals surface area contributed by atoms with Gasteiger partial charge >= 0.3 is 0 Å². The molecule has 1 aliphatic heterocycles. The predicted molar refractivity (Wildman–Crippen MR) is 82.9 cm³/mol. The summed E-state index contributed by atoms with van der Waals surface area (Å²) in [7, 11) is 2.14. The average Bonchev–Trinajstić information content (AvgIpc) is 3.06. The molecule has 1 unspecified atom stereocenters. The van der Waals surface area contributed by atoms with E-state index in [4.69, 9.17) is 9.15 Å². The molecule has 120 valence electrons. The van der Waals surface area contributed by atoms with Gasteiger partial charge in [0.1, 0.15) is 12.3 Å². The molecule has 1 saturated heterocycles. The molecule has 3 heterocycles. The van der Waals surface area contributed by atoms with E-state index >= 15 is 0 Å². The van der Waals surface area contributed by atoms with Crippen molar-refractivity contribution in [2.75, 3.05) is 26.8 Å². The fourth-order valence-electron chi connectivity index (χ4n) is 3.05. The molecule has 2 aromatic heterocycles. The Bertz CT molecular complexity index is 647. The molecule has 1 fully saturated rings. The largest absolute Gasteiger partial charge is 0.444 e. The lowest BCUT2D eigenvalue weighted by Gasteiger charge is -2.32. The number of hydrogen-bond acceptors (Lipinski definition) is 5. The lowest BCUT2D eigenvalue weighted by atomic mass is 10.0. The molecular weight excluding hydrogens is 280 g/mol. The number of aromatic nitrogens is 3. The number of rotatable bonds is 4. The highest BCUT2D eigenvalue weighted by molar-refractivity contribution is 5.29. The Kier molecular flexibility index (Phi) is 4.31. The van der Waals surface area contributed by atoms with Crippen molar-refractivity contribution >= 4 is 0 Å². The van der Waals surface area contributed by atoms with Gasteiger partial charge in [0.05, 0.1) is 31.1 Å². The van der Waals surface area contributed by atoms with Crippen LogP contribution in [0.3, 0.4) is 0 Å². The highest BCUT2D eigenvalue weighted by Crippen LogP contribution is 2.28. The van der Waals surface area contributed by atoms with Crippen molar-refractivity contribution in [3.05, 3.63) is 34.8 Å². The molecule has 3 rings (SSSR count). The van der Waals surface area contributed by atoms with Crippen molar-refractivity contribution in [1.29, 1.82) is 0 Å². The fraction of sp³-hybridized carbons (Fsp3) is 0.625. The Morgan fingerprint density at radius 3 is 2.86 bits per heavy atom. The number of hydrogen-bond donors (Lipinski definition) is 0. The Hall–Kier alpha value is -1.66. The van der Waals surface area contributed by atoms with E-state index in [1.807, 2.05) is 4.68 Å². The quantitative estimate of drug-likeness (QED) is 0.866. The van der Waals surface area contributed by atoms with Gasteiger partial charge in [0.25, 0.3) is 0 Å². The second-order valence-corrected chi connectivity index (χ2v) is 5.89. The molecule has 0 saturated carbocycles. The van der Waals surface area contributed by atoms with Crippen LogP contribution in [-0.2, 0) is 17.7 Å². The summed E-state index contributed by atoms with van der Waals surface area (Å²) in [5.74, 6) is 1.62. The summed E-state index contributed by atoms with van der Waals surface area (Å²) < 4.78 is 13.3. The molecular formula is C16H24N4O2. The van der Waals surface area contributed by atoms with Crippen LogP contribution in [-0.4, -0.2) is 46.5 Å². The number of nitrogens with zero attached hydrogens (tertiary/aromatic N) is 4. The van der Waals surface area contributed by atoms with Crippen molar-refractivity contribution in [3.63, 3.8) is 0 Å². The van der Waals surface area contributed by atoms with Crippen LogP contribution in [0.25, 0.3) is 0 Å². The van der Waals surface area contributed by atoms with Gasteiger partial charge < -0.3 is 9.15 Å². The predicted octanol–water partition coefficient (Wildman–Crippen LogP) is 2.10. The number of oxazole rings is 1. The van der Waals surface area contributed by atoms with E-state index in [2.05, 4.69) is 42.8 Å². The van der Waals surface area contributed by atoms with Crippen LogP contribution in [0.15, 0.2) is 10.6 Å². The number of morpholine rings is 1. The topological polar surface area (TPSA) is 56.3 Å². The van der Waals surface area contributed by atoms with Crippen molar-refractivity contribution in [3.8, 4) is 0 Å². The third-order valence-corrected chi connectivity index (χ3v) is 4.40. The molecule has 0 bridgehead atoms. The fourth-order valence-corrected chi connectivity index (χ4v) is 3.05. The molecule has 2 aromatic rings. The highest BCUT2D eigenvalue weighted by atomic mass is 16.5. The second kappa shape index (κ2) is 6.22. The maximum absolute atomic E-state index is 5.70. The highest BCUT2D eigenvalue weighted by Gasteiger charge is 2.27. The van der Waals surface area contributed by atoms with Gasteiger partial charge in [0, 0.05) is 24.2 Å². The SMILES string of the molecule is CCc1cnc(Cn2nc(C)c(C3COCCN3C)c2C)o1. The van der Waals surface area contributed by atoms with Crippen molar-refractivity contribution in [1.82, 2.24) is 19.7 Å². The maximum atomic E-state index is 5.70. The lowest BCUT2D eigenvalue weighted by Crippen LogP contribution is -2.37. The average molecular weight is 304 g/mol. The Morgan fingerprint density at radius 2 is 2.18 bits per heavy atom. The zero-order valence-corrected chi connectivity index (χ0v) is 13.8. The molecule has 0 aliphatic carbocycles. The first-order chi connectivity index (χ1) is 10.6. The van der Waals surface area contributed by atoms with Gasteiger partial charge in [-0.2, -0.15) is 5.10 Å². The molecule has 0 radical (unpaired) electrons. The number of ether oxygens (including phenoxy) is 1. The molecule has 1 aliphatic rings. The van der Waals surface area contributed by atoms with Crippen LogP contribution in [0, 0.1) is 13.8 Å². The summed E-state index contributed by atoms with van der Waals surface area (Å²) in [5.41, 5.74) is 3.49. The minimum absolute atomic E-state index is 0.276. The standard InChI is InChI=1S/C16H24N4O2/c1-5-13-8-17-15(22-13)9-20-12(3)16(11(2)18-20)14-10-21-7-6-19(14)4/h8,14H,5-7,9-10H2,1-4H3. The lowest BCUT2D eigenvalue weighted by molar-refractivity contribution is 0.00457. The summed E-state index contributed by atoms with van der Waals surface area (Å²) in [6, 6.07) is 0.276. The van der Waals surface area contributed by atoms with E-state index < -0.39 is 0 Å². The third-order valence-electron chi connectivity index (χ3n) is 4.40. The van der Waals surface area contributed by atoms with Gasteiger partial charge in [-0.15, -0.1) is 0 Å². The van der Waals surface area contributed by atoms with Gasteiger partial charge in [-0.1, -0.05) is 6.92 Å². The number of likely N-dealkylation sites (N-methyl/N-ethyl adjacent to an activating group) is 1. The van der Waals surface area contributed by atoms with Crippen LogP contribution in [0.4, 0.5) is 0 Å². The summed E-state index contributed by atoms with van der Waals surface area (Å²) in [6.07, 6.45) is 2.66. The Morgan fingerprint density at radius 1 is 1.36 bits per heavy atom. The van der Waals surface area contributed by atoms with E-state index in [1.54, 1.807) is 6.20 Å². The molecule has 0 spiro atoms. The molecule has 6 nitrogen and oxygen atoms in total. The minimum Gasteiger partial charge on any atom is -0.444 e. The van der Waals surface area contributed by atoms with Gasteiger partial charge in [0.15, 0.2) is 0 Å². The Balaban J connectivity index is 1.86. The van der Waals surface area contributed by atoms with Crippen LogP contribution in [0.1, 0.15) is 41.6 Å². The van der Waals surface area contributed by atoms with Crippen LogP contribution < -0.4 is 0 Å². The van der Waals surface area contributed by atoms with Gasteiger partial charge in [-0.25, -0.2) is 4.98 Å². The smallest absolute Gasteiger partial charge is 0.216 e. The van der Waals surface area contributed by atoms with Gasteiger partial charge in [-0.3, -0.25) is 9.58 Å². The zero-order chi connectivity index (χ0) is 15.7. The molecule has 0 amide bonds. The van der Waals surface area contributed by atoms with Gasteiger partial charge in [-0.05, 0) is 20.9 Å². The zero-order valence-electron chi connectivity index (χ0n) is 13.8. The van der Waals surface area contributed by atoms with Crippen LogP contribution >= 0.6 is 0 Å².